The fourth-order valence-corrected chi connectivity index (χ4v) is 3.97. The van der Waals surface area contributed by atoms with Crippen LogP contribution in [0, 0.1) is 5.82 Å². The van der Waals surface area contributed by atoms with Crippen LogP contribution >= 0.6 is 0 Å². The number of rotatable bonds is 6. The minimum atomic E-state index is -3.90. The van der Waals surface area contributed by atoms with Gasteiger partial charge in [0.1, 0.15) is 4.90 Å². The maximum Gasteiger partial charge on any atom is 0.276 e. The van der Waals surface area contributed by atoms with Gasteiger partial charge in [0.05, 0.1) is 11.4 Å². The van der Waals surface area contributed by atoms with Gasteiger partial charge in [-0.25, -0.2) is 12.8 Å². The molecule has 0 spiro atoms. The van der Waals surface area contributed by atoms with E-state index in [-0.39, 0.29) is 16.9 Å². The van der Waals surface area contributed by atoms with Crippen LogP contribution in [0.15, 0.2) is 53.4 Å². The molecule has 3 rings (SSSR count). The molecule has 0 radical (unpaired) electrons. The molecule has 0 aliphatic heterocycles. The molecule has 1 amide bonds. The highest BCUT2D eigenvalue weighted by Gasteiger charge is 2.24. The van der Waals surface area contributed by atoms with Gasteiger partial charge in [-0.15, -0.1) is 0 Å². The van der Waals surface area contributed by atoms with E-state index < -0.39 is 26.5 Å². The number of nitrogens with one attached hydrogen (secondary N) is 2. The molecule has 0 aliphatic rings. The summed E-state index contributed by atoms with van der Waals surface area (Å²) in [5.41, 5.74) is 1.36. The van der Waals surface area contributed by atoms with E-state index in [9.17, 15) is 13.2 Å². The SMILES string of the molecule is CN(C)Cc1cc(C(=O)Nc2ccc(-c3ccccc3)c(S(C)(=O)=O)c2F)n[nH]1. The Balaban J connectivity index is 1.97. The average molecular weight is 416 g/mol. The molecule has 0 saturated heterocycles. The van der Waals surface area contributed by atoms with E-state index in [0.717, 1.165) is 11.9 Å². The molecule has 2 aromatic carbocycles. The largest absolute Gasteiger partial charge is 0.318 e. The summed E-state index contributed by atoms with van der Waals surface area (Å²) in [4.78, 5) is 13.9. The summed E-state index contributed by atoms with van der Waals surface area (Å²) in [7, 11) is -0.154. The summed E-state index contributed by atoms with van der Waals surface area (Å²) in [5.74, 6) is -1.65. The molecule has 0 bridgehead atoms. The molecule has 7 nitrogen and oxygen atoms in total. The Hall–Kier alpha value is -3.04. The first kappa shape index (κ1) is 20.7. The topological polar surface area (TPSA) is 95.2 Å². The highest BCUT2D eigenvalue weighted by Crippen LogP contribution is 2.33. The minimum Gasteiger partial charge on any atom is -0.318 e. The monoisotopic (exact) mass is 416 g/mol. The number of carbonyl (C=O) groups is 1. The van der Waals surface area contributed by atoms with Gasteiger partial charge in [-0.1, -0.05) is 36.4 Å². The van der Waals surface area contributed by atoms with Crippen molar-refractivity contribution in [2.45, 2.75) is 11.4 Å². The molecule has 9 heteroatoms. The van der Waals surface area contributed by atoms with Gasteiger partial charge in [-0.3, -0.25) is 9.89 Å². The molecular formula is C20H21FN4O3S. The molecule has 1 aromatic heterocycles. The number of anilines is 1. The van der Waals surface area contributed by atoms with Crippen LogP contribution in [0.2, 0.25) is 0 Å². The Bertz CT molecular complexity index is 1140. The molecule has 0 aliphatic carbocycles. The van der Waals surface area contributed by atoms with Crippen molar-refractivity contribution in [2.24, 2.45) is 0 Å². The maximum absolute atomic E-state index is 15.1. The third-order valence-electron chi connectivity index (χ3n) is 4.15. The molecule has 0 fully saturated rings. The predicted octanol–water partition coefficient (Wildman–Crippen LogP) is 2.93. The second-order valence-electron chi connectivity index (χ2n) is 6.91. The minimum absolute atomic E-state index is 0.0780. The predicted molar refractivity (Wildman–Crippen MR) is 109 cm³/mol. The van der Waals surface area contributed by atoms with Gasteiger partial charge in [-0.05, 0) is 31.8 Å². The lowest BCUT2D eigenvalue weighted by molar-refractivity contribution is 0.102. The van der Waals surface area contributed by atoms with Crippen molar-refractivity contribution < 1.29 is 17.6 Å². The second-order valence-corrected chi connectivity index (χ2v) is 8.86. The van der Waals surface area contributed by atoms with Gasteiger partial charge < -0.3 is 10.2 Å². The van der Waals surface area contributed by atoms with Crippen molar-refractivity contribution in [3.05, 3.63) is 65.7 Å². The van der Waals surface area contributed by atoms with E-state index in [1.54, 1.807) is 36.4 Å². The van der Waals surface area contributed by atoms with Crippen molar-refractivity contribution in [3.63, 3.8) is 0 Å². The van der Waals surface area contributed by atoms with Crippen molar-refractivity contribution in [3.8, 4) is 11.1 Å². The van der Waals surface area contributed by atoms with E-state index in [1.807, 2.05) is 19.0 Å². The Morgan fingerprint density at radius 1 is 1.17 bits per heavy atom. The van der Waals surface area contributed by atoms with Crippen LogP contribution in [0.25, 0.3) is 11.1 Å². The number of H-pyrrole nitrogens is 1. The Labute approximate surface area is 168 Å². The Kier molecular flexibility index (Phi) is 5.81. The number of hydrogen-bond donors (Lipinski definition) is 2. The van der Waals surface area contributed by atoms with Crippen LogP contribution in [-0.4, -0.2) is 49.8 Å². The highest BCUT2D eigenvalue weighted by atomic mass is 32.2. The van der Waals surface area contributed by atoms with Crippen LogP contribution in [-0.2, 0) is 16.4 Å². The lowest BCUT2D eigenvalue weighted by Crippen LogP contribution is -2.15. The zero-order valence-electron chi connectivity index (χ0n) is 16.2. The van der Waals surface area contributed by atoms with Gasteiger partial charge in [0.2, 0.25) is 0 Å². The molecule has 3 aromatic rings. The number of aromatic nitrogens is 2. The second kappa shape index (κ2) is 8.14. The molecule has 0 saturated carbocycles. The summed E-state index contributed by atoms with van der Waals surface area (Å²) in [6, 6.07) is 13.0. The molecule has 0 unspecified atom stereocenters. The lowest BCUT2D eigenvalue weighted by Gasteiger charge is -2.13. The van der Waals surface area contributed by atoms with Crippen molar-refractivity contribution in [1.82, 2.24) is 15.1 Å². The van der Waals surface area contributed by atoms with E-state index in [4.69, 9.17) is 0 Å². The summed E-state index contributed by atoms with van der Waals surface area (Å²) in [6.45, 7) is 0.554. The van der Waals surface area contributed by atoms with Gasteiger partial charge in [0, 0.05) is 18.4 Å². The van der Waals surface area contributed by atoms with E-state index in [1.165, 1.54) is 12.1 Å². The van der Waals surface area contributed by atoms with Crippen LogP contribution in [0.5, 0.6) is 0 Å². The van der Waals surface area contributed by atoms with Crippen LogP contribution in [0.1, 0.15) is 16.2 Å². The number of carbonyl (C=O) groups excluding carboxylic acids is 1. The van der Waals surface area contributed by atoms with Gasteiger partial charge >= 0.3 is 0 Å². The normalized spacial score (nSPS) is 11.6. The average Bonchev–Trinajstić information content (AvgIpc) is 3.10. The van der Waals surface area contributed by atoms with Crippen molar-refractivity contribution in [2.75, 3.05) is 25.7 Å². The van der Waals surface area contributed by atoms with E-state index >= 15 is 4.39 Å². The summed E-state index contributed by atoms with van der Waals surface area (Å²) >= 11 is 0. The first-order valence-corrected chi connectivity index (χ1v) is 10.6. The fraction of sp³-hybridized carbons (Fsp3) is 0.200. The quantitative estimate of drug-likeness (QED) is 0.644. The number of nitrogens with zero attached hydrogens (tertiary/aromatic N) is 2. The number of amides is 1. The zero-order chi connectivity index (χ0) is 21.2. The Morgan fingerprint density at radius 3 is 2.48 bits per heavy atom. The number of hydrogen-bond acceptors (Lipinski definition) is 5. The third kappa shape index (κ3) is 4.69. The fourth-order valence-electron chi connectivity index (χ4n) is 2.95. The first-order valence-electron chi connectivity index (χ1n) is 8.75. The van der Waals surface area contributed by atoms with Crippen molar-refractivity contribution >= 4 is 21.4 Å². The highest BCUT2D eigenvalue weighted by molar-refractivity contribution is 7.90. The molecular weight excluding hydrogens is 395 g/mol. The smallest absolute Gasteiger partial charge is 0.276 e. The summed E-state index contributed by atoms with van der Waals surface area (Å²) in [5, 5.41) is 9.08. The van der Waals surface area contributed by atoms with Crippen LogP contribution in [0.4, 0.5) is 10.1 Å². The van der Waals surface area contributed by atoms with E-state index in [2.05, 4.69) is 15.5 Å². The van der Waals surface area contributed by atoms with Gasteiger partial charge in [0.15, 0.2) is 21.3 Å². The Morgan fingerprint density at radius 2 is 1.86 bits per heavy atom. The molecule has 1 heterocycles. The van der Waals surface area contributed by atoms with Crippen LogP contribution < -0.4 is 5.32 Å². The molecule has 2 N–H and O–H groups in total. The zero-order valence-corrected chi connectivity index (χ0v) is 17.0. The maximum atomic E-state index is 15.1. The number of sulfone groups is 1. The van der Waals surface area contributed by atoms with Gasteiger partial charge in [0.25, 0.3) is 5.91 Å². The molecule has 29 heavy (non-hydrogen) atoms. The lowest BCUT2D eigenvalue weighted by atomic mass is 10.0. The van der Waals surface area contributed by atoms with Crippen LogP contribution in [0.3, 0.4) is 0 Å². The summed E-state index contributed by atoms with van der Waals surface area (Å²) in [6.07, 6.45) is 0.935. The summed E-state index contributed by atoms with van der Waals surface area (Å²) < 4.78 is 39.7. The van der Waals surface area contributed by atoms with E-state index in [0.29, 0.717) is 12.1 Å². The third-order valence-corrected chi connectivity index (χ3v) is 5.29. The molecule has 0 atom stereocenters. The number of aromatic amines is 1. The van der Waals surface area contributed by atoms with Gasteiger partial charge in [-0.2, -0.15) is 5.10 Å². The van der Waals surface area contributed by atoms with Crippen molar-refractivity contribution in [1.29, 1.82) is 0 Å². The number of benzene rings is 2. The standard InChI is InChI=1S/C20H21FN4O3S/c1-25(2)12-14-11-17(24-23-14)20(26)22-16-10-9-15(13-7-5-4-6-8-13)19(18(16)21)29(3,27)28/h4-11H,12H2,1-3H3,(H,22,26)(H,23,24). The first-order chi connectivity index (χ1) is 13.7. The number of halogens is 1. The molecule has 152 valence electrons.